The van der Waals surface area contributed by atoms with Gasteiger partial charge in [-0.1, -0.05) is 30.9 Å². The first-order chi connectivity index (χ1) is 11.1. The number of carbonyl (C=O) groups is 2. The van der Waals surface area contributed by atoms with E-state index in [1.165, 1.54) is 6.42 Å². The lowest BCUT2D eigenvalue weighted by atomic mass is 9.95. The second-order valence-corrected chi connectivity index (χ2v) is 6.19. The second-order valence-electron chi connectivity index (χ2n) is 5.81. The van der Waals surface area contributed by atoms with Crippen LogP contribution in [0.15, 0.2) is 35.0 Å². The van der Waals surface area contributed by atoms with E-state index in [-0.39, 0.29) is 16.8 Å². The van der Waals surface area contributed by atoms with E-state index < -0.39 is 11.8 Å². The Morgan fingerprint density at radius 1 is 1.09 bits per heavy atom. The van der Waals surface area contributed by atoms with Gasteiger partial charge in [-0.3, -0.25) is 9.59 Å². The Hall–Kier alpha value is -2.01. The Labute approximate surface area is 140 Å². The van der Waals surface area contributed by atoms with Crippen LogP contribution in [0.25, 0.3) is 0 Å². The molecule has 0 bridgehead atoms. The maximum Gasteiger partial charge on any atom is 0.283 e. The zero-order valence-corrected chi connectivity index (χ0v) is 13.7. The molecule has 0 atom stereocenters. The van der Waals surface area contributed by atoms with Crippen molar-refractivity contribution in [3.05, 3.63) is 35.0 Å². The van der Waals surface area contributed by atoms with Crippen molar-refractivity contribution in [1.29, 1.82) is 0 Å². The van der Waals surface area contributed by atoms with Gasteiger partial charge in [-0.15, -0.1) is 0 Å². The molecule has 1 heterocycles. The molecule has 3 rings (SSSR count). The van der Waals surface area contributed by atoms with E-state index in [9.17, 15) is 9.59 Å². The van der Waals surface area contributed by atoms with E-state index in [1.54, 1.807) is 31.4 Å². The molecule has 2 aliphatic rings. The van der Waals surface area contributed by atoms with Crippen LogP contribution in [0.1, 0.15) is 32.1 Å². The maximum atomic E-state index is 12.6. The molecule has 23 heavy (non-hydrogen) atoms. The van der Waals surface area contributed by atoms with Gasteiger partial charge in [-0.2, -0.15) is 0 Å². The highest BCUT2D eigenvalue weighted by Gasteiger charge is 2.39. The molecule has 0 unspecified atom stereocenters. The largest absolute Gasteiger partial charge is 0.497 e. The van der Waals surface area contributed by atoms with Crippen molar-refractivity contribution in [1.82, 2.24) is 5.32 Å². The summed E-state index contributed by atoms with van der Waals surface area (Å²) in [5, 5.41) is 3.15. The lowest BCUT2D eigenvalue weighted by Crippen LogP contribution is -2.37. The monoisotopic (exact) mass is 334 g/mol. The fourth-order valence-electron chi connectivity index (χ4n) is 3.04. The van der Waals surface area contributed by atoms with Gasteiger partial charge >= 0.3 is 0 Å². The third kappa shape index (κ3) is 3.06. The van der Waals surface area contributed by atoms with Crippen molar-refractivity contribution in [3.63, 3.8) is 0 Å². The van der Waals surface area contributed by atoms with Gasteiger partial charge in [0.2, 0.25) is 0 Å². The molecule has 1 saturated carbocycles. The minimum atomic E-state index is -0.486. The molecule has 1 aliphatic heterocycles. The van der Waals surface area contributed by atoms with Crippen LogP contribution in [-0.4, -0.2) is 25.0 Å². The zero-order valence-electron chi connectivity index (χ0n) is 13.0. The molecule has 0 radical (unpaired) electrons. The van der Waals surface area contributed by atoms with E-state index >= 15 is 0 Å². The van der Waals surface area contributed by atoms with Crippen LogP contribution in [0.4, 0.5) is 5.69 Å². The van der Waals surface area contributed by atoms with Crippen molar-refractivity contribution >= 4 is 29.1 Å². The first-order valence-corrected chi connectivity index (χ1v) is 8.18. The van der Waals surface area contributed by atoms with Gasteiger partial charge in [0.1, 0.15) is 16.5 Å². The van der Waals surface area contributed by atoms with Gasteiger partial charge < -0.3 is 10.1 Å². The van der Waals surface area contributed by atoms with Crippen LogP contribution in [0.3, 0.4) is 0 Å². The van der Waals surface area contributed by atoms with Gasteiger partial charge in [0.25, 0.3) is 11.8 Å². The fraction of sp³-hybridized carbons (Fsp3) is 0.412. The van der Waals surface area contributed by atoms with Crippen LogP contribution in [0, 0.1) is 0 Å². The van der Waals surface area contributed by atoms with Gasteiger partial charge in [0.05, 0.1) is 12.8 Å². The molecule has 6 heteroatoms. The molecule has 1 N–H and O–H groups in total. The number of nitrogens with zero attached hydrogens (tertiary/aromatic N) is 1. The van der Waals surface area contributed by atoms with E-state index in [0.29, 0.717) is 11.4 Å². The highest BCUT2D eigenvalue weighted by atomic mass is 35.5. The van der Waals surface area contributed by atoms with Crippen molar-refractivity contribution < 1.29 is 14.3 Å². The number of methoxy groups -OCH3 is 1. The van der Waals surface area contributed by atoms with Crippen LogP contribution in [0.2, 0.25) is 0 Å². The smallest absolute Gasteiger partial charge is 0.283 e. The number of ether oxygens (including phenoxy) is 1. The number of imide groups is 1. The third-order valence-corrected chi connectivity index (χ3v) is 4.66. The van der Waals surface area contributed by atoms with Gasteiger partial charge in [0, 0.05) is 6.04 Å². The number of hydrogen-bond acceptors (Lipinski definition) is 4. The predicted molar refractivity (Wildman–Crippen MR) is 88.4 cm³/mol. The topological polar surface area (TPSA) is 58.6 Å². The zero-order chi connectivity index (χ0) is 16.4. The number of nitrogens with one attached hydrogen (secondary N) is 1. The average Bonchev–Trinajstić information content (AvgIpc) is 2.80. The summed E-state index contributed by atoms with van der Waals surface area (Å²) in [6.45, 7) is 0. The van der Waals surface area contributed by atoms with Gasteiger partial charge in [-0.05, 0) is 37.1 Å². The maximum absolute atomic E-state index is 12.6. The molecule has 1 aromatic carbocycles. The van der Waals surface area contributed by atoms with Gasteiger partial charge in [0.15, 0.2) is 0 Å². The molecular weight excluding hydrogens is 316 g/mol. The van der Waals surface area contributed by atoms with Crippen LogP contribution >= 0.6 is 11.6 Å². The minimum Gasteiger partial charge on any atom is -0.497 e. The summed E-state index contributed by atoms with van der Waals surface area (Å²) >= 11 is 6.13. The van der Waals surface area contributed by atoms with E-state index in [1.807, 2.05) is 0 Å². The van der Waals surface area contributed by atoms with Crippen molar-refractivity contribution in [2.75, 3.05) is 12.0 Å². The van der Waals surface area contributed by atoms with Crippen LogP contribution < -0.4 is 15.0 Å². The Morgan fingerprint density at radius 3 is 2.35 bits per heavy atom. The molecule has 0 aromatic heterocycles. The SMILES string of the molecule is COc1ccc(N2C(=O)C(Cl)=C(NC3CCCCC3)C2=O)cc1. The summed E-state index contributed by atoms with van der Waals surface area (Å²) in [5.41, 5.74) is 0.707. The lowest BCUT2D eigenvalue weighted by Gasteiger charge is -2.24. The van der Waals surface area contributed by atoms with Crippen molar-refractivity contribution in [3.8, 4) is 5.75 Å². The molecule has 0 spiro atoms. The van der Waals surface area contributed by atoms with E-state index in [2.05, 4.69) is 5.32 Å². The van der Waals surface area contributed by atoms with E-state index in [4.69, 9.17) is 16.3 Å². The number of hydrogen-bond donors (Lipinski definition) is 1. The van der Waals surface area contributed by atoms with Crippen molar-refractivity contribution in [2.45, 2.75) is 38.1 Å². The highest BCUT2D eigenvalue weighted by molar-refractivity contribution is 6.52. The summed E-state index contributed by atoms with van der Waals surface area (Å²) in [6.07, 6.45) is 5.48. The second kappa shape index (κ2) is 6.62. The summed E-state index contributed by atoms with van der Waals surface area (Å²) in [7, 11) is 1.56. The molecule has 2 amide bonds. The van der Waals surface area contributed by atoms with Crippen LogP contribution in [0.5, 0.6) is 5.75 Å². The number of halogens is 1. The molecule has 1 aromatic rings. The summed E-state index contributed by atoms with van der Waals surface area (Å²) in [6, 6.07) is 6.96. The predicted octanol–water partition coefficient (Wildman–Crippen LogP) is 2.94. The first kappa shape index (κ1) is 15.9. The first-order valence-electron chi connectivity index (χ1n) is 7.81. The quantitative estimate of drug-likeness (QED) is 0.860. The number of anilines is 1. The van der Waals surface area contributed by atoms with E-state index in [0.717, 1.165) is 30.6 Å². The average molecular weight is 335 g/mol. The Morgan fingerprint density at radius 2 is 1.74 bits per heavy atom. The molecule has 122 valence electrons. The Balaban J connectivity index is 1.80. The van der Waals surface area contributed by atoms with Gasteiger partial charge in [-0.25, -0.2) is 4.90 Å². The lowest BCUT2D eigenvalue weighted by molar-refractivity contribution is -0.120. The molecule has 0 saturated heterocycles. The normalized spacial score (nSPS) is 19.5. The minimum absolute atomic E-state index is 0.0311. The molecule has 5 nitrogen and oxygen atoms in total. The standard InChI is InChI=1S/C17H19ClN2O3/c1-23-13-9-7-12(8-10-13)20-16(21)14(18)15(17(20)22)19-11-5-3-2-4-6-11/h7-11,19H,2-6H2,1H3. The summed E-state index contributed by atoms with van der Waals surface area (Å²) in [5.74, 6) is -0.219. The third-order valence-electron chi connectivity index (χ3n) is 4.31. The van der Waals surface area contributed by atoms with Crippen molar-refractivity contribution in [2.24, 2.45) is 0 Å². The summed E-state index contributed by atoms with van der Waals surface area (Å²) in [4.78, 5) is 26.1. The fourth-order valence-corrected chi connectivity index (χ4v) is 3.26. The summed E-state index contributed by atoms with van der Waals surface area (Å²) < 4.78 is 5.09. The Bertz CT molecular complexity index is 648. The molecular formula is C17H19ClN2O3. The number of amides is 2. The number of carbonyl (C=O) groups excluding carboxylic acids is 2. The Kier molecular flexibility index (Phi) is 4.57. The number of benzene rings is 1. The molecule has 1 fully saturated rings. The number of rotatable bonds is 4. The highest BCUT2D eigenvalue weighted by Crippen LogP contribution is 2.30. The molecule has 1 aliphatic carbocycles. The van der Waals surface area contributed by atoms with Crippen LogP contribution in [-0.2, 0) is 9.59 Å².